The third-order valence-electron chi connectivity index (χ3n) is 3.53. The van der Waals surface area contributed by atoms with Gasteiger partial charge in [-0.05, 0) is 43.3 Å². The van der Waals surface area contributed by atoms with Crippen molar-refractivity contribution in [2.75, 3.05) is 32.0 Å². The highest BCUT2D eigenvalue weighted by molar-refractivity contribution is 5.97. The van der Waals surface area contributed by atoms with Crippen LogP contribution >= 0.6 is 0 Å². The number of hydrogen-bond donors (Lipinski definition) is 2. The minimum Gasteiger partial charge on any atom is -0.497 e. The van der Waals surface area contributed by atoms with Gasteiger partial charge in [-0.3, -0.25) is 4.79 Å². The molecule has 0 aliphatic heterocycles. The Bertz CT molecular complexity index is 686. The van der Waals surface area contributed by atoms with Crippen LogP contribution in [0.2, 0.25) is 0 Å². The average molecular weight is 330 g/mol. The lowest BCUT2D eigenvalue weighted by Gasteiger charge is -2.17. The first kappa shape index (κ1) is 17.5. The second-order valence-corrected chi connectivity index (χ2v) is 5.15. The molecular formula is C18H22N2O4. The molecule has 0 aliphatic rings. The Kier molecular flexibility index (Phi) is 5.89. The summed E-state index contributed by atoms with van der Waals surface area (Å²) in [6, 6.07) is 12.2. The molecule has 0 bridgehead atoms. The molecule has 6 heteroatoms. The van der Waals surface area contributed by atoms with E-state index < -0.39 is 6.04 Å². The molecule has 0 saturated carbocycles. The molecule has 2 rings (SSSR count). The Morgan fingerprint density at radius 3 is 2.12 bits per heavy atom. The lowest BCUT2D eigenvalue weighted by atomic mass is 10.2. The Labute approximate surface area is 141 Å². The van der Waals surface area contributed by atoms with Crippen LogP contribution in [-0.4, -0.2) is 33.3 Å². The van der Waals surface area contributed by atoms with E-state index in [1.807, 2.05) is 24.3 Å². The zero-order chi connectivity index (χ0) is 17.5. The van der Waals surface area contributed by atoms with Gasteiger partial charge in [-0.25, -0.2) is 0 Å². The van der Waals surface area contributed by atoms with Crippen LogP contribution in [0.4, 0.5) is 11.4 Å². The molecule has 1 atom stereocenters. The van der Waals surface area contributed by atoms with Gasteiger partial charge in [0.25, 0.3) is 0 Å². The molecule has 2 aromatic carbocycles. The maximum atomic E-state index is 12.4. The van der Waals surface area contributed by atoms with E-state index in [4.69, 9.17) is 14.2 Å². The molecule has 0 fully saturated rings. The fraction of sp³-hybridized carbons (Fsp3) is 0.278. The topological polar surface area (TPSA) is 68.8 Å². The van der Waals surface area contributed by atoms with E-state index in [1.165, 1.54) is 0 Å². The van der Waals surface area contributed by atoms with Crippen LogP contribution in [-0.2, 0) is 4.79 Å². The number of carbonyl (C=O) groups is 1. The summed E-state index contributed by atoms with van der Waals surface area (Å²) < 4.78 is 15.6. The summed E-state index contributed by atoms with van der Waals surface area (Å²) in [7, 11) is 4.73. The monoisotopic (exact) mass is 330 g/mol. The van der Waals surface area contributed by atoms with E-state index in [9.17, 15) is 4.79 Å². The van der Waals surface area contributed by atoms with Crippen molar-refractivity contribution >= 4 is 17.3 Å². The molecule has 2 aromatic rings. The van der Waals surface area contributed by atoms with E-state index in [-0.39, 0.29) is 5.91 Å². The van der Waals surface area contributed by atoms with E-state index in [0.717, 1.165) is 11.4 Å². The van der Waals surface area contributed by atoms with Gasteiger partial charge in [0, 0.05) is 11.8 Å². The van der Waals surface area contributed by atoms with Gasteiger partial charge >= 0.3 is 0 Å². The Morgan fingerprint density at radius 2 is 1.54 bits per heavy atom. The first-order valence-corrected chi connectivity index (χ1v) is 7.51. The number of amides is 1. The summed E-state index contributed by atoms with van der Waals surface area (Å²) in [5, 5.41) is 5.99. The van der Waals surface area contributed by atoms with Crippen LogP contribution in [0.25, 0.3) is 0 Å². The van der Waals surface area contributed by atoms with E-state index in [1.54, 1.807) is 46.5 Å². The number of ether oxygens (including phenoxy) is 3. The number of carbonyl (C=O) groups excluding carboxylic acids is 1. The maximum Gasteiger partial charge on any atom is 0.246 e. The van der Waals surface area contributed by atoms with Crippen molar-refractivity contribution in [2.24, 2.45) is 0 Å². The molecule has 128 valence electrons. The van der Waals surface area contributed by atoms with Gasteiger partial charge in [0.15, 0.2) is 0 Å². The second kappa shape index (κ2) is 8.10. The third-order valence-corrected chi connectivity index (χ3v) is 3.53. The molecule has 0 radical (unpaired) electrons. The molecule has 2 N–H and O–H groups in total. The van der Waals surface area contributed by atoms with Gasteiger partial charge in [0.2, 0.25) is 5.91 Å². The van der Waals surface area contributed by atoms with Crippen molar-refractivity contribution in [3.63, 3.8) is 0 Å². The van der Waals surface area contributed by atoms with Crippen LogP contribution in [0.15, 0.2) is 42.5 Å². The number of nitrogens with one attached hydrogen (secondary N) is 2. The summed E-state index contributed by atoms with van der Waals surface area (Å²) in [4.78, 5) is 12.4. The maximum absolute atomic E-state index is 12.4. The molecule has 6 nitrogen and oxygen atoms in total. The van der Waals surface area contributed by atoms with Crippen molar-refractivity contribution in [3.8, 4) is 17.2 Å². The Morgan fingerprint density at radius 1 is 0.917 bits per heavy atom. The summed E-state index contributed by atoms with van der Waals surface area (Å²) in [6.07, 6.45) is 0. The third kappa shape index (κ3) is 4.32. The zero-order valence-electron chi connectivity index (χ0n) is 14.3. The Balaban J connectivity index is 2.05. The minimum atomic E-state index is -0.436. The quantitative estimate of drug-likeness (QED) is 0.816. The molecular weight excluding hydrogens is 308 g/mol. The molecule has 1 amide bonds. The molecule has 24 heavy (non-hydrogen) atoms. The summed E-state index contributed by atoms with van der Waals surface area (Å²) in [6.45, 7) is 1.78. The number of methoxy groups -OCH3 is 3. The Hall–Kier alpha value is -2.89. The van der Waals surface area contributed by atoms with Gasteiger partial charge < -0.3 is 24.8 Å². The van der Waals surface area contributed by atoms with E-state index in [2.05, 4.69) is 10.6 Å². The predicted octanol–water partition coefficient (Wildman–Crippen LogP) is 3.15. The lowest BCUT2D eigenvalue weighted by molar-refractivity contribution is -0.116. The van der Waals surface area contributed by atoms with Gasteiger partial charge in [-0.2, -0.15) is 0 Å². The first-order valence-electron chi connectivity index (χ1n) is 7.51. The highest BCUT2D eigenvalue weighted by Crippen LogP contribution is 2.29. The van der Waals surface area contributed by atoms with Crippen LogP contribution in [0.3, 0.4) is 0 Å². The number of rotatable bonds is 7. The zero-order valence-corrected chi connectivity index (χ0v) is 14.3. The fourth-order valence-corrected chi connectivity index (χ4v) is 2.16. The molecule has 0 aromatic heterocycles. The number of benzene rings is 2. The number of hydrogen-bond acceptors (Lipinski definition) is 5. The van der Waals surface area contributed by atoms with Crippen LogP contribution in [0.5, 0.6) is 17.2 Å². The van der Waals surface area contributed by atoms with Crippen molar-refractivity contribution < 1.29 is 19.0 Å². The van der Waals surface area contributed by atoms with E-state index >= 15 is 0 Å². The van der Waals surface area contributed by atoms with Crippen LogP contribution < -0.4 is 24.8 Å². The molecule has 1 unspecified atom stereocenters. The minimum absolute atomic E-state index is 0.183. The molecule has 0 heterocycles. The van der Waals surface area contributed by atoms with Gasteiger partial charge in [-0.15, -0.1) is 0 Å². The SMILES string of the molecule is COc1ccc(NC(C)C(=O)Nc2cc(OC)ccc2OC)cc1. The van der Waals surface area contributed by atoms with Crippen LogP contribution in [0, 0.1) is 0 Å². The van der Waals surface area contributed by atoms with E-state index in [0.29, 0.717) is 17.2 Å². The first-order chi connectivity index (χ1) is 11.6. The average Bonchev–Trinajstić information content (AvgIpc) is 2.62. The van der Waals surface area contributed by atoms with Crippen molar-refractivity contribution in [1.29, 1.82) is 0 Å². The highest BCUT2D eigenvalue weighted by Gasteiger charge is 2.15. The smallest absolute Gasteiger partial charge is 0.246 e. The summed E-state index contributed by atoms with van der Waals surface area (Å²) in [5.74, 6) is 1.79. The number of anilines is 2. The van der Waals surface area contributed by atoms with Crippen molar-refractivity contribution in [1.82, 2.24) is 0 Å². The molecule has 0 aliphatic carbocycles. The largest absolute Gasteiger partial charge is 0.497 e. The molecule has 0 spiro atoms. The fourth-order valence-electron chi connectivity index (χ4n) is 2.16. The highest BCUT2D eigenvalue weighted by atomic mass is 16.5. The second-order valence-electron chi connectivity index (χ2n) is 5.15. The van der Waals surface area contributed by atoms with Crippen molar-refractivity contribution in [2.45, 2.75) is 13.0 Å². The summed E-state index contributed by atoms with van der Waals surface area (Å²) >= 11 is 0. The predicted molar refractivity (Wildman–Crippen MR) is 94.3 cm³/mol. The van der Waals surface area contributed by atoms with Gasteiger partial charge in [0.05, 0.1) is 27.0 Å². The lowest BCUT2D eigenvalue weighted by Crippen LogP contribution is -2.32. The summed E-state index contributed by atoms with van der Waals surface area (Å²) in [5.41, 5.74) is 1.39. The van der Waals surface area contributed by atoms with Gasteiger partial charge in [0.1, 0.15) is 23.3 Å². The standard InChI is InChI=1S/C18H22N2O4/c1-12(19-13-5-7-14(22-2)8-6-13)18(21)20-16-11-15(23-3)9-10-17(16)24-4/h5-12,19H,1-4H3,(H,20,21). The normalized spacial score (nSPS) is 11.3. The molecule has 0 saturated heterocycles. The van der Waals surface area contributed by atoms with Gasteiger partial charge in [-0.1, -0.05) is 0 Å². The van der Waals surface area contributed by atoms with Crippen LogP contribution in [0.1, 0.15) is 6.92 Å². The van der Waals surface area contributed by atoms with Crippen molar-refractivity contribution in [3.05, 3.63) is 42.5 Å².